The Morgan fingerprint density at radius 3 is 2.57 bits per heavy atom. The Hall–Kier alpha value is -0.930. The van der Waals surface area contributed by atoms with Gasteiger partial charge in [-0.3, -0.25) is 4.90 Å². The van der Waals surface area contributed by atoms with E-state index >= 15 is 0 Å². The molecular weight excluding hydrogens is 263 g/mol. The summed E-state index contributed by atoms with van der Waals surface area (Å²) in [5, 5.41) is 3.72. The summed E-state index contributed by atoms with van der Waals surface area (Å²) >= 11 is 0. The van der Waals surface area contributed by atoms with Crippen LogP contribution < -0.4 is 5.32 Å². The van der Waals surface area contributed by atoms with Crippen LogP contribution in [0.3, 0.4) is 0 Å². The lowest BCUT2D eigenvalue weighted by Crippen LogP contribution is -2.62. The first kappa shape index (κ1) is 16.4. The topological polar surface area (TPSA) is 15.3 Å². The summed E-state index contributed by atoms with van der Waals surface area (Å²) < 4.78 is 13.1. The molecule has 1 aromatic carbocycles. The van der Waals surface area contributed by atoms with Crippen LogP contribution in [0, 0.1) is 11.7 Å². The predicted octanol–water partition coefficient (Wildman–Crippen LogP) is 3.81. The van der Waals surface area contributed by atoms with Gasteiger partial charge >= 0.3 is 0 Å². The molecule has 0 saturated carbocycles. The van der Waals surface area contributed by atoms with Crippen molar-refractivity contribution in [1.82, 2.24) is 10.2 Å². The average molecular weight is 292 g/mol. The summed E-state index contributed by atoms with van der Waals surface area (Å²) in [5.41, 5.74) is 1.39. The van der Waals surface area contributed by atoms with Gasteiger partial charge in [0.25, 0.3) is 0 Å². The van der Waals surface area contributed by atoms with Gasteiger partial charge in [-0.2, -0.15) is 0 Å². The van der Waals surface area contributed by atoms with Crippen LogP contribution in [0.4, 0.5) is 4.39 Å². The molecule has 1 saturated heterocycles. The molecule has 118 valence electrons. The molecule has 0 aromatic heterocycles. The lowest BCUT2D eigenvalue weighted by molar-refractivity contribution is 0.0664. The van der Waals surface area contributed by atoms with Gasteiger partial charge in [0.1, 0.15) is 5.82 Å². The van der Waals surface area contributed by atoms with Crippen LogP contribution >= 0.6 is 0 Å². The van der Waals surface area contributed by atoms with Crippen molar-refractivity contribution in [3.8, 4) is 0 Å². The summed E-state index contributed by atoms with van der Waals surface area (Å²) in [6.07, 6.45) is 2.33. The third-order valence-electron chi connectivity index (χ3n) is 4.66. The Labute approximate surface area is 128 Å². The van der Waals surface area contributed by atoms with Gasteiger partial charge in [-0.15, -0.1) is 0 Å². The van der Waals surface area contributed by atoms with Crippen molar-refractivity contribution in [3.05, 3.63) is 35.6 Å². The zero-order valence-corrected chi connectivity index (χ0v) is 13.8. The van der Waals surface area contributed by atoms with Crippen molar-refractivity contribution in [1.29, 1.82) is 0 Å². The largest absolute Gasteiger partial charge is 0.309 e. The number of hydrogen-bond acceptors (Lipinski definition) is 2. The number of benzene rings is 1. The minimum atomic E-state index is -0.156. The van der Waals surface area contributed by atoms with Crippen LogP contribution in [0.25, 0.3) is 0 Å². The molecule has 1 aliphatic rings. The number of nitrogens with zero attached hydrogens (tertiary/aromatic N) is 1. The highest BCUT2D eigenvalue weighted by molar-refractivity contribution is 5.16. The highest BCUT2D eigenvalue weighted by Gasteiger charge is 2.34. The first-order valence-corrected chi connectivity index (χ1v) is 8.15. The molecule has 2 atom stereocenters. The van der Waals surface area contributed by atoms with Gasteiger partial charge in [0, 0.05) is 31.2 Å². The fourth-order valence-electron chi connectivity index (χ4n) is 3.15. The van der Waals surface area contributed by atoms with Gasteiger partial charge in [0.2, 0.25) is 0 Å². The normalized spacial score (nSPS) is 27.2. The molecule has 1 aromatic rings. The first-order chi connectivity index (χ1) is 9.92. The molecule has 1 aliphatic heterocycles. The maximum Gasteiger partial charge on any atom is 0.123 e. The zero-order chi connectivity index (χ0) is 15.5. The molecule has 0 radical (unpaired) electrons. The third kappa shape index (κ3) is 4.52. The molecule has 0 amide bonds. The van der Waals surface area contributed by atoms with Crippen molar-refractivity contribution in [2.45, 2.75) is 58.7 Å². The van der Waals surface area contributed by atoms with Gasteiger partial charge in [-0.25, -0.2) is 4.39 Å². The van der Waals surface area contributed by atoms with Crippen molar-refractivity contribution >= 4 is 0 Å². The molecule has 2 nitrogen and oxygen atoms in total. The molecule has 2 rings (SSSR count). The van der Waals surface area contributed by atoms with E-state index in [0.717, 1.165) is 26.1 Å². The van der Waals surface area contributed by atoms with E-state index < -0.39 is 0 Å². The molecule has 0 bridgehead atoms. The van der Waals surface area contributed by atoms with Crippen molar-refractivity contribution in [3.63, 3.8) is 0 Å². The lowest BCUT2D eigenvalue weighted by atomic mass is 9.90. The summed E-state index contributed by atoms with van der Waals surface area (Å²) in [4.78, 5) is 2.58. The molecule has 0 aliphatic carbocycles. The number of rotatable bonds is 5. The van der Waals surface area contributed by atoms with E-state index in [9.17, 15) is 4.39 Å². The van der Waals surface area contributed by atoms with E-state index in [1.54, 1.807) is 12.1 Å². The molecule has 1 fully saturated rings. The van der Waals surface area contributed by atoms with E-state index in [-0.39, 0.29) is 11.4 Å². The van der Waals surface area contributed by atoms with Crippen molar-refractivity contribution in [2.24, 2.45) is 5.92 Å². The lowest BCUT2D eigenvalue weighted by Gasteiger charge is -2.46. The highest BCUT2D eigenvalue weighted by atomic mass is 19.1. The Morgan fingerprint density at radius 2 is 2.00 bits per heavy atom. The van der Waals surface area contributed by atoms with E-state index in [4.69, 9.17) is 0 Å². The Kier molecular flexibility index (Phi) is 5.39. The Bertz CT molecular complexity index is 443. The second kappa shape index (κ2) is 6.89. The molecule has 1 N–H and O–H groups in total. The summed E-state index contributed by atoms with van der Waals surface area (Å²) in [6, 6.07) is 7.51. The molecule has 0 spiro atoms. The number of halogens is 1. The Balaban J connectivity index is 2.10. The smallest absolute Gasteiger partial charge is 0.123 e. The number of hydrogen-bond donors (Lipinski definition) is 1. The van der Waals surface area contributed by atoms with Crippen LogP contribution in [0.5, 0.6) is 0 Å². The number of piperazine rings is 1. The zero-order valence-electron chi connectivity index (χ0n) is 13.8. The van der Waals surface area contributed by atoms with E-state index in [2.05, 4.69) is 37.9 Å². The quantitative estimate of drug-likeness (QED) is 0.887. The first-order valence-electron chi connectivity index (χ1n) is 8.15. The van der Waals surface area contributed by atoms with Crippen molar-refractivity contribution < 1.29 is 4.39 Å². The van der Waals surface area contributed by atoms with Gasteiger partial charge < -0.3 is 5.32 Å². The standard InChI is InChI=1S/C18H29FN2/c1-5-18(4)13-21(17(11-20-18)10-14(2)3)12-15-6-8-16(19)9-7-15/h6-9,14,17,20H,5,10-13H2,1-4H3. The van der Waals surface area contributed by atoms with E-state index in [0.29, 0.717) is 12.0 Å². The molecule has 2 unspecified atom stereocenters. The number of nitrogens with one attached hydrogen (secondary N) is 1. The average Bonchev–Trinajstić information content (AvgIpc) is 2.44. The van der Waals surface area contributed by atoms with E-state index in [1.165, 1.54) is 12.0 Å². The predicted molar refractivity (Wildman–Crippen MR) is 86.8 cm³/mol. The van der Waals surface area contributed by atoms with Gasteiger partial charge in [-0.1, -0.05) is 32.9 Å². The fourth-order valence-corrected chi connectivity index (χ4v) is 3.15. The fraction of sp³-hybridized carbons (Fsp3) is 0.667. The van der Waals surface area contributed by atoms with Crippen LogP contribution in [-0.4, -0.2) is 29.6 Å². The van der Waals surface area contributed by atoms with Crippen LogP contribution in [0.2, 0.25) is 0 Å². The second-order valence-corrected chi connectivity index (χ2v) is 7.11. The molecule has 1 heterocycles. The van der Waals surface area contributed by atoms with Gasteiger partial charge in [0.05, 0.1) is 0 Å². The van der Waals surface area contributed by atoms with E-state index in [1.807, 2.05) is 12.1 Å². The minimum absolute atomic E-state index is 0.156. The molecule has 3 heteroatoms. The second-order valence-electron chi connectivity index (χ2n) is 7.11. The Morgan fingerprint density at radius 1 is 1.33 bits per heavy atom. The monoisotopic (exact) mass is 292 g/mol. The molecule has 21 heavy (non-hydrogen) atoms. The SMILES string of the molecule is CCC1(C)CN(Cc2ccc(F)cc2)C(CC(C)C)CN1. The van der Waals surface area contributed by atoms with Gasteiger partial charge in [-0.05, 0) is 43.4 Å². The van der Waals surface area contributed by atoms with Crippen LogP contribution in [0.15, 0.2) is 24.3 Å². The summed E-state index contributed by atoms with van der Waals surface area (Å²) in [6.45, 7) is 12.1. The third-order valence-corrected chi connectivity index (χ3v) is 4.66. The maximum atomic E-state index is 13.1. The summed E-state index contributed by atoms with van der Waals surface area (Å²) in [7, 11) is 0. The van der Waals surface area contributed by atoms with Gasteiger partial charge in [0.15, 0.2) is 0 Å². The van der Waals surface area contributed by atoms with Crippen LogP contribution in [0.1, 0.15) is 46.1 Å². The van der Waals surface area contributed by atoms with Crippen molar-refractivity contribution in [2.75, 3.05) is 13.1 Å². The molecular formula is C18H29FN2. The van der Waals surface area contributed by atoms with Crippen LogP contribution in [-0.2, 0) is 6.54 Å². The highest BCUT2D eigenvalue weighted by Crippen LogP contribution is 2.24. The minimum Gasteiger partial charge on any atom is -0.309 e. The maximum absolute atomic E-state index is 13.1. The summed E-state index contributed by atoms with van der Waals surface area (Å²) in [5.74, 6) is 0.537.